The Labute approximate surface area is 117 Å². The molecule has 0 aromatic heterocycles. The van der Waals surface area contributed by atoms with Gasteiger partial charge in [-0.1, -0.05) is 12.1 Å². The van der Waals surface area contributed by atoms with Crippen LogP contribution in [-0.2, 0) is 6.61 Å². The van der Waals surface area contributed by atoms with E-state index in [9.17, 15) is 4.39 Å². The summed E-state index contributed by atoms with van der Waals surface area (Å²) in [5.41, 5.74) is 7.73. The molecule has 0 aliphatic carbocycles. The molecule has 0 spiro atoms. The molecule has 106 valence electrons. The van der Waals surface area contributed by atoms with E-state index in [2.05, 4.69) is 0 Å². The maximum Gasteiger partial charge on any atom is 0.132 e. The third kappa shape index (κ3) is 3.15. The van der Waals surface area contributed by atoms with Gasteiger partial charge in [0.15, 0.2) is 0 Å². The number of hydrogen-bond donors (Lipinski definition) is 2. The van der Waals surface area contributed by atoms with Gasteiger partial charge in [0.25, 0.3) is 0 Å². The molecule has 3 N–H and O–H groups in total. The van der Waals surface area contributed by atoms with Crippen LogP contribution in [0.4, 0.5) is 4.39 Å². The molecule has 0 aliphatic heterocycles. The SMILES string of the molecule is Cc1cc(Oc2cccc(CO)c2)c(C(C)N)cc1F. The van der Waals surface area contributed by atoms with Gasteiger partial charge in [-0.3, -0.25) is 0 Å². The number of halogens is 1. The largest absolute Gasteiger partial charge is 0.457 e. The Morgan fingerprint density at radius 3 is 2.70 bits per heavy atom. The Balaban J connectivity index is 2.39. The average molecular weight is 275 g/mol. The van der Waals surface area contributed by atoms with Crippen molar-refractivity contribution in [1.29, 1.82) is 0 Å². The van der Waals surface area contributed by atoms with Gasteiger partial charge in [0.2, 0.25) is 0 Å². The zero-order valence-electron chi connectivity index (χ0n) is 11.6. The molecule has 0 amide bonds. The lowest BCUT2D eigenvalue weighted by molar-refractivity contribution is 0.281. The van der Waals surface area contributed by atoms with Crippen molar-refractivity contribution >= 4 is 0 Å². The molecule has 0 fully saturated rings. The lowest BCUT2D eigenvalue weighted by Crippen LogP contribution is -2.08. The number of benzene rings is 2. The first-order chi connectivity index (χ1) is 9.51. The molecular weight excluding hydrogens is 257 g/mol. The average Bonchev–Trinajstić information content (AvgIpc) is 2.42. The fraction of sp³-hybridized carbons (Fsp3) is 0.250. The van der Waals surface area contributed by atoms with Crippen molar-refractivity contribution < 1.29 is 14.2 Å². The highest BCUT2D eigenvalue weighted by atomic mass is 19.1. The molecular formula is C16H18FNO2. The van der Waals surface area contributed by atoms with Gasteiger partial charge >= 0.3 is 0 Å². The summed E-state index contributed by atoms with van der Waals surface area (Å²) in [7, 11) is 0. The van der Waals surface area contributed by atoms with Crippen molar-refractivity contribution in [3.05, 3.63) is 58.9 Å². The van der Waals surface area contributed by atoms with Crippen molar-refractivity contribution in [2.75, 3.05) is 0 Å². The van der Waals surface area contributed by atoms with Gasteiger partial charge in [0.1, 0.15) is 17.3 Å². The van der Waals surface area contributed by atoms with Gasteiger partial charge in [-0.2, -0.15) is 0 Å². The molecule has 0 bridgehead atoms. The zero-order chi connectivity index (χ0) is 14.7. The van der Waals surface area contributed by atoms with Crippen molar-refractivity contribution in [3.8, 4) is 11.5 Å². The van der Waals surface area contributed by atoms with E-state index in [1.165, 1.54) is 6.07 Å². The Morgan fingerprint density at radius 1 is 1.30 bits per heavy atom. The Bertz CT molecular complexity index is 611. The standard InChI is InChI=1S/C16H18FNO2/c1-10-6-16(14(11(2)18)8-15(10)17)20-13-5-3-4-12(7-13)9-19/h3-8,11,19H,9,18H2,1-2H3. The van der Waals surface area contributed by atoms with E-state index in [-0.39, 0.29) is 18.5 Å². The molecule has 1 atom stereocenters. The summed E-state index contributed by atoms with van der Waals surface area (Å²) < 4.78 is 19.4. The van der Waals surface area contributed by atoms with Gasteiger partial charge in [-0.25, -0.2) is 4.39 Å². The number of aryl methyl sites for hydroxylation is 1. The predicted octanol–water partition coefficient (Wildman–Crippen LogP) is 3.44. The minimum absolute atomic E-state index is 0.0558. The molecule has 2 aromatic carbocycles. The third-order valence-corrected chi connectivity index (χ3v) is 3.09. The lowest BCUT2D eigenvalue weighted by Gasteiger charge is -2.15. The molecule has 0 radical (unpaired) electrons. The molecule has 20 heavy (non-hydrogen) atoms. The first-order valence-electron chi connectivity index (χ1n) is 6.44. The molecule has 4 heteroatoms. The number of aliphatic hydroxyl groups is 1. The normalized spacial score (nSPS) is 12.2. The van der Waals surface area contributed by atoms with Crippen molar-refractivity contribution in [3.63, 3.8) is 0 Å². The maximum atomic E-state index is 13.6. The summed E-state index contributed by atoms with van der Waals surface area (Å²) in [5.74, 6) is 0.826. The smallest absolute Gasteiger partial charge is 0.132 e. The second-order valence-corrected chi connectivity index (χ2v) is 4.84. The van der Waals surface area contributed by atoms with E-state index >= 15 is 0 Å². The van der Waals surface area contributed by atoms with Crippen LogP contribution >= 0.6 is 0 Å². The molecule has 0 saturated heterocycles. The van der Waals surface area contributed by atoms with Crippen LogP contribution in [0.5, 0.6) is 11.5 Å². The monoisotopic (exact) mass is 275 g/mol. The summed E-state index contributed by atoms with van der Waals surface area (Å²) in [6, 6.07) is 9.83. The van der Waals surface area contributed by atoms with E-state index in [0.29, 0.717) is 22.6 Å². The first kappa shape index (κ1) is 14.5. The van der Waals surface area contributed by atoms with Gasteiger partial charge in [0, 0.05) is 11.6 Å². The van der Waals surface area contributed by atoms with Crippen LogP contribution < -0.4 is 10.5 Å². The van der Waals surface area contributed by atoms with Gasteiger partial charge in [-0.15, -0.1) is 0 Å². The fourth-order valence-corrected chi connectivity index (χ4v) is 1.95. The summed E-state index contributed by atoms with van der Waals surface area (Å²) in [5, 5.41) is 9.13. The van der Waals surface area contributed by atoms with Gasteiger partial charge in [0.05, 0.1) is 6.61 Å². The molecule has 3 nitrogen and oxygen atoms in total. The molecule has 0 heterocycles. The van der Waals surface area contributed by atoms with Gasteiger partial charge < -0.3 is 15.6 Å². The summed E-state index contributed by atoms with van der Waals surface area (Å²) in [6.45, 7) is 3.40. The van der Waals surface area contributed by atoms with Crippen LogP contribution in [-0.4, -0.2) is 5.11 Å². The number of ether oxygens (including phenoxy) is 1. The number of aliphatic hydroxyl groups excluding tert-OH is 1. The molecule has 2 aromatic rings. The minimum Gasteiger partial charge on any atom is -0.457 e. The van der Waals surface area contributed by atoms with E-state index in [4.69, 9.17) is 15.6 Å². The van der Waals surface area contributed by atoms with E-state index in [0.717, 1.165) is 5.56 Å². The fourth-order valence-electron chi connectivity index (χ4n) is 1.95. The molecule has 2 rings (SSSR count). The number of nitrogens with two attached hydrogens (primary N) is 1. The Kier molecular flexibility index (Phi) is 4.37. The predicted molar refractivity (Wildman–Crippen MR) is 76.2 cm³/mol. The second kappa shape index (κ2) is 6.03. The zero-order valence-corrected chi connectivity index (χ0v) is 11.6. The molecule has 0 saturated carbocycles. The summed E-state index contributed by atoms with van der Waals surface area (Å²) in [4.78, 5) is 0. The number of rotatable bonds is 4. The second-order valence-electron chi connectivity index (χ2n) is 4.84. The number of hydrogen-bond acceptors (Lipinski definition) is 3. The third-order valence-electron chi connectivity index (χ3n) is 3.09. The molecule has 1 unspecified atom stereocenters. The van der Waals surface area contributed by atoms with Crippen molar-refractivity contribution in [2.24, 2.45) is 5.73 Å². The van der Waals surface area contributed by atoms with Gasteiger partial charge in [-0.05, 0) is 49.2 Å². The van der Waals surface area contributed by atoms with Crippen LogP contribution in [0, 0.1) is 12.7 Å². The molecule has 0 aliphatic rings. The van der Waals surface area contributed by atoms with E-state index in [1.807, 2.05) is 0 Å². The van der Waals surface area contributed by atoms with Crippen LogP contribution in [0.15, 0.2) is 36.4 Å². The summed E-state index contributed by atoms with van der Waals surface area (Å²) in [6.07, 6.45) is 0. The summed E-state index contributed by atoms with van der Waals surface area (Å²) >= 11 is 0. The highest BCUT2D eigenvalue weighted by Gasteiger charge is 2.13. The minimum atomic E-state index is -0.332. The lowest BCUT2D eigenvalue weighted by atomic mass is 10.0. The van der Waals surface area contributed by atoms with Crippen molar-refractivity contribution in [2.45, 2.75) is 26.5 Å². The van der Waals surface area contributed by atoms with Crippen molar-refractivity contribution in [1.82, 2.24) is 0 Å². The van der Waals surface area contributed by atoms with Crippen LogP contribution in [0.1, 0.15) is 29.7 Å². The van der Waals surface area contributed by atoms with Crippen LogP contribution in [0.25, 0.3) is 0 Å². The quantitative estimate of drug-likeness (QED) is 0.898. The highest BCUT2D eigenvalue weighted by molar-refractivity contribution is 5.43. The first-order valence-corrected chi connectivity index (χ1v) is 6.44. The van der Waals surface area contributed by atoms with E-state index < -0.39 is 0 Å². The van der Waals surface area contributed by atoms with E-state index in [1.54, 1.807) is 44.2 Å². The highest BCUT2D eigenvalue weighted by Crippen LogP contribution is 2.31. The topological polar surface area (TPSA) is 55.5 Å². The Hall–Kier alpha value is -1.91. The maximum absolute atomic E-state index is 13.6. The van der Waals surface area contributed by atoms with Crippen LogP contribution in [0.2, 0.25) is 0 Å². The Morgan fingerprint density at radius 2 is 2.05 bits per heavy atom. The van der Waals surface area contributed by atoms with Crippen LogP contribution in [0.3, 0.4) is 0 Å².